The van der Waals surface area contributed by atoms with Crippen molar-refractivity contribution in [2.75, 3.05) is 18.5 Å². The number of fused-ring (bicyclic) bond motifs is 1. The SMILES string of the molecule is CN(CC(N)C(=O)O)c1ccc2oc(=O)n(C)c2c1. The Balaban J connectivity index is 2.32. The number of carboxylic acid groups (broad SMARTS) is 1. The number of carboxylic acids is 1. The molecule has 1 unspecified atom stereocenters. The largest absolute Gasteiger partial charge is 0.480 e. The van der Waals surface area contributed by atoms with E-state index in [0.717, 1.165) is 5.69 Å². The van der Waals surface area contributed by atoms with Gasteiger partial charge in [-0.2, -0.15) is 0 Å². The van der Waals surface area contributed by atoms with E-state index in [1.165, 1.54) is 4.57 Å². The molecule has 1 aromatic heterocycles. The standard InChI is InChI=1S/C12H15N3O4/c1-14(6-8(13)11(16)17)7-3-4-10-9(5-7)15(2)12(18)19-10/h3-5,8H,6,13H2,1-2H3,(H,16,17). The summed E-state index contributed by atoms with van der Waals surface area (Å²) in [5, 5.41) is 8.78. The summed E-state index contributed by atoms with van der Waals surface area (Å²) in [6.07, 6.45) is 0. The molecule has 0 fully saturated rings. The molecule has 0 aliphatic heterocycles. The smallest absolute Gasteiger partial charge is 0.419 e. The number of hydrogen-bond acceptors (Lipinski definition) is 5. The molecule has 0 saturated heterocycles. The van der Waals surface area contributed by atoms with Crippen LogP contribution in [0.3, 0.4) is 0 Å². The van der Waals surface area contributed by atoms with Gasteiger partial charge in [0.15, 0.2) is 5.58 Å². The summed E-state index contributed by atoms with van der Waals surface area (Å²) in [6, 6.07) is 4.22. The second kappa shape index (κ2) is 4.77. The van der Waals surface area contributed by atoms with E-state index >= 15 is 0 Å². The van der Waals surface area contributed by atoms with Crippen molar-refractivity contribution >= 4 is 22.8 Å². The molecule has 0 aliphatic carbocycles. The third kappa shape index (κ3) is 2.45. The molecule has 0 spiro atoms. The highest BCUT2D eigenvalue weighted by atomic mass is 16.4. The Hall–Kier alpha value is -2.28. The number of aryl methyl sites for hydroxylation is 1. The normalized spacial score (nSPS) is 12.6. The molecule has 19 heavy (non-hydrogen) atoms. The number of aliphatic carboxylic acids is 1. The van der Waals surface area contributed by atoms with Gasteiger partial charge in [0.1, 0.15) is 6.04 Å². The lowest BCUT2D eigenvalue weighted by molar-refractivity contribution is -0.138. The molecule has 3 N–H and O–H groups in total. The second-order valence-corrected chi connectivity index (χ2v) is 4.40. The van der Waals surface area contributed by atoms with Crippen molar-refractivity contribution in [2.24, 2.45) is 12.8 Å². The van der Waals surface area contributed by atoms with Crippen LogP contribution in [0.2, 0.25) is 0 Å². The zero-order valence-electron chi connectivity index (χ0n) is 10.7. The molecular weight excluding hydrogens is 250 g/mol. The van der Waals surface area contributed by atoms with E-state index < -0.39 is 17.8 Å². The second-order valence-electron chi connectivity index (χ2n) is 4.40. The van der Waals surface area contributed by atoms with Crippen LogP contribution in [0, 0.1) is 0 Å². The van der Waals surface area contributed by atoms with Crippen LogP contribution in [-0.4, -0.2) is 35.3 Å². The maximum atomic E-state index is 11.4. The minimum atomic E-state index is -1.05. The molecule has 1 heterocycles. The maximum absolute atomic E-state index is 11.4. The maximum Gasteiger partial charge on any atom is 0.419 e. The fourth-order valence-corrected chi connectivity index (χ4v) is 1.83. The molecule has 7 heteroatoms. The van der Waals surface area contributed by atoms with Crippen molar-refractivity contribution < 1.29 is 14.3 Å². The van der Waals surface area contributed by atoms with Crippen molar-refractivity contribution in [1.29, 1.82) is 0 Å². The highest BCUT2D eigenvalue weighted by molar-refractivity contribution is 5.78. The lowest BCUT2D eigenvalue weighted by atomic mass is 10.2. The minimum Gasteiger partial charge on any atom is -0.480 e. The Morgan fingerprint density at radius 1 is 1.58 bits per heavy atom. The lowest BCUT2D eigenvalue weighted by Gasteiger charge is -2.21. The van der Waals surface area contributed by atoms with E-state index in [0.29, 0.717) is 11.1 Å². The van der Waals surface area contributed by atoms with Crippen molar-refractivity contribution in [1.82, 2.24) is 4.57 Å². The molecule has 0 radical (unpaired) electrons. The number of anilines is 1. The molecule has 2 rings (SSSR count). The van der Waals surface area contributed by atoms with Crippen LogP contribution < -0.4 is 16.4 Å². The Morgan fingerprint density at radius 2 is 2.26 bits per heavy atom. The fraction of sp³-hybridized carbons (Fsp3) is 0.333. The van der Waals surface area contributed by atoms with Crippen LogP contribution in [-0.2, 0) is 11.8 Å². The molecule has 1 atom stereocenters. The molecule has 0 amide bonds. The summed E-state index contributed by atoms with van der Waals surface area (Å²) in [4.78, 5) is 23.8. The lowest BCUT2D eigenvalue weighted by Crippen LogP contribution is -2.41. The molecule has 0 saturated carbocycles. The number of likely N-dealkylation sites (N-methyl/N-ethyl adjacent to an activating group) is 1. The topological polar surface area (TPSA) is 102 Å². The van der Waals surface area contributed by atoms with E-state index in [-0.39, 0.29) is 6.54 Å². The molecular formula is C12H15N3O4. The van der Waals surface area contributed by atoms with Crippen molar-refractivity contribution in [3.8, 4) is 0 Å². The third-order valence-corrected chi connectivity index (χ3v) is 3.00. The molecule has 2 aromatic rings. The van der Waals surface area contributed by atoms with Crippen molar-refractivity contribution in [3.05, 3.63) is 28.7 Å². The highest BCUT2D eigenvalue weighted by Gasteiger charge is 2.15. The first-order valence-electron chi connectivity index (χ1n) is 5.69. The quantitative estimate of drug-likeness (QED) is 0.805. The van der Waals surface area contributed by atoms with Crippen molar-refractivity contribution in [3.63, 3.8) is 0 Å². The van der Waals surface area contributed by atoms with Crippen LogP contribution in [0.1, 0.15) is 0 Å². The van der Waals surface area contributed by atoms with E-state index in [1.807, 2.05) is 0 Å². The third-order valence-electron chi connectivity index (χ3n) is 3.00. The van der Waals surface area contributed by atoms with Gasteiger partial charge < -0.3 is 20.2 Å². The molecule has 7 nitrogen and oxygen atoms in total. The van der Waals surface area contributed by atoms with E-state index in [1.54, 1.807) is 37.2 Å². The van der Waals surface area contributed by atoms with Crippen LogP contribution in [0.25, 0.3) is 11.1 Å². The van der Waals surface area contributed by atoms with Gasteiger partial charge in [0.05, 0.1) is 5.52 Å². The van der Waals surface area contributed by atoms with Gasteiger partial charge in [-0.05, 0) is 18.2 Å². The van der Waals surface area contributed by atoms with Gasteiger partial charge in [0.25, 0.3) is 0 Å². The zero-order chi connectivity index (χ0) is 14.2. The number of oxazole rings is 1. The number of benzene rings is 1. The number of rotatable bonds is 4. The molecule has 102 valence electrons. The number of nitrogens with two attached hydrogens (primary N) is 1. The first kappa shape index (κ1) is 13.2. The van der Waals surface area contributed by atoms with Crippen LogP contribution >= 0.6 is 0 Å². The number of carbonyl (C=O) groups is 1. The van der Waals surface area contributed by atoms with Gasteiger partial charge in [-0.3, -0.25) is 9.36 Å². The number of aromatic nitrogens is 1. The Morgan fingerprint density at radius 3 is 2.89 bits per heavy atom. The van der Waals surface area contributed by atoms with Crippen LogP contribution in [0.5, 0.6) is 0 Å². The van der Waals surface area contributed by atoms with Gasteiger partial charge in [0, 0.05) is 26.3 Å². The summed E-state index contributed by atoms with van der Waals surface area (Å²) in [5.41, 5.74) is 7.39. The molecule has 0 aliphatic rings. The summed E-state index contributed by atoms with van der Waals surface area (Å²) < 4.78 is 6.42. The van der Waals surface area contributed by atoms with Crippen LogP contribution in [0.15, 0.2) is 27.4 Å². The predicted molar refractivity (Wildman–Crippen MR) is 70.3 cm³/mol. The summed E-state index contributed by atoms with van der Waals surface area (Å²) >= 11 is 0. The van der Waals surface area contributed by atoms with Gasteiger partial charge in [-0.25, -0.2) is 4.79 Å². The average Bonchev–Trinajstić information content (AvgIpc) is 2.64. The van der Waals surface area contributed by atoms with Crippen LogP contribution in [0.4, 0.5) is 5.69 Å². The predicted octanol–water partition coefficient (Wildman–Crippen LogP) is -0.0204. The highest BCUT2D eigenvalue weighted by Crippen LogP contribution is 2.20. The van der Waals surface area contributed by atoms with E-state index in [9.17, 15) is 9.59 Å². The first-order valence-corrected chi connectivity index (χ1v) is 5.69. The Kier molecular flexibility index (Phi) is 3.30. The molecule has 1 aromatic carbocycles. The van der Waals surface area contributed by atoms with E-state index in [4.69, 9.17) is 15.3 Å². The minimum absolute atomic E-state index is 0.173. The van der Waals surface area contributed by atoms with Crippen molar-refractivity contribution in [2.45, 2.75) is 6.04 Å². The molecule has 0 bridgehead atoms. The summed E-state index contributed by atoms with van der Waals surface area (Å²) in [5.74, 6) is -1.49. The van der Waals surface area contributed by atoms with Gasteiger partial charge in [-0.15, -0.1) is 0 Å². The first-order chi connectivity index (χ1) is 8.90. The van der Waals surface area contributed by atoms with Gasteiger partial charge in [-0.1, -0.05) is 0 Å². The monoisotopic (exact) mass is 265 g/mol. The van der Waals surface area contributed by atoms with Gasteiger partial charge in [0.2, 0.25) is 0 Å². The Bertz CT molecular complexity index is 673. The number of hydrogen-bond donors (Lipinski definition) is 2. The Labute approximate surface area is 108 Å². The van der Waals surface area contributed by atoms with E-state index in [2.05, 4.69) is 0 Å². The summed E-state index contributed by atoms with van der Waals surface area (Å²) in [6.45, 7) is 0.173. The van der Waals surface area contributed by atoms with Gasteiger partial charge >= 0.3 is 11.7 Å². The average molecular weight is 265 g/mol. The zero-order valence-corrected chi connectivity index (χ0v) is 10.7. The fourth-order valence-electron chi connectivity index (χ4n) is 1.83. The number of nitrogens with zero attached hydrogens (tertiary/aromatic N) is 2. The summed E-state index contributed by atoms with van der Waals surface area (Å²) in [7, 11) is 3.35.